The van der Waals surface area contributed by atoms with E-state index in [-0.39, 0.29) is 18.4 Å². The highest BCUT2D eigenvalue weighted by molar-refractivity contribution is 5.90. The lowest BCUT2D eigenvalue weighted by Gasteiger charge is -2.32. The molecule has 0 saturated carbocycles. The van der Waals surface area contributed by atoms with E-state index in [0.717, 1.165) is 0 Å². The monoisotopic (exact) mass is 242 g/mol. The SMILES string of the molecule is O=C1CC[C@@H](C(=O)NCC2(O)CCOCC2)N1. The third-order valence-electron chi connectivity index (χ3n) is 3.33. The largest absolute Gasteiger partial charge is 0.388 e. The Morgan fingerprint density at radius 3 is 2.82 bits per heavy atom. The summed E-state index contributed by atoms with van der Waals surface area (Å²) in [5.74, 6) is -0.300. The van der Waals surface area contributed by atoms with Crippen LogP contribution < -0.4 is 10.6 Å². The van der Waals surface area contributed by atoms with Crippen molar-refractivity contribution in [2.75, 3.05) is 19.8 Å². The standard InChI is InChI=1S/C11H18N2O4/c14-9-2-1-8(13-9)10(15)12-7-11(16)3-5-17-6-4-11/h8,16H,1-7H2,(H,12,15)(H,13,14)/t8-/m0/s1. The van der Waals surface area contributed by atoms with Crippen molar-refractivity contribution in [1.29, 1.82) is 0 Å². The summed E-state index contributed by atoms with van der Waals surface area (Å²) in [4.78, 5) is 22.7. The van der Waals surface area contributed by atoms with Gasteiger partial charge in [0.15, 0.2) is 0 Å². The predicted molar refractivity (Wildman–Crippen MR) is 59.2 cm³/mol. The van der Waals surface area contributed by atoms with Gasteiger partial charge in [0.25, 0.3) is 0 Å². The lowest BCUT2D eigenvalue weighted by Crippen LogP contribution is -2.50. The molecular weight excluding hydrogens is 224 g/mol. The second kappa shape index (κ2) is 5.01. The van der Waals surface area contributed by atoms with Gasteiger partial charge in [-0.05, 0) is 6.42 Å². The number of aliphatic hydroxyl groups is 1. The molecule has 0 bridgehead atoms. The summed E-state index contributed by atoms with van der Waals surface area (Å²) in [6.45, 7) is 1.26. The molecule has 3 N–H and O–H groups in total. The molecule has 0 radical (unpaired) electrons. The fourth-order valence-electron chi connectivity index (χ4n) is 2.11. The van der Waals surface area contributed by atoms with Gasteiger partial charge in [-0.1, -0.05) is 0 Å². The summed E-state index contributed by atoms with van der Waals surface area (Å²) in [6, 6.07) is -0.439. The number of ether oxygens (including phenoxy) is 1. The minimum absolute atomic E-state index is 0.0880. The second-order valence-corrected chi connectivity index (χ2v) is 4.71. The predicted octanol–water partition coefficient (Wildman–Crippen LogP) is -1.08. The van der Waals surface area contributed by atoms with Crippen LogP contribution in [0.2, 0.25) is 0 Å². The van der Waals surface area contributed by atoms with Crippen LogP contribution in [-0.4, -0.2) is 48.3 Å². The molecule has 0 aromatic rings. The van der Waals surface area contributed by atoms with Gasteiger partial charge >= 0.3 is 0 Å². The van der Waals surface area contributed by atoms with Crippen molar-refractivity contribution in [2.24, 2.45) is 0 Å². The van der Waals surface area contributed by atoms with Crippen LogP contribution >= 0.6 is 0 Å². The van der Waals surface area contributed by atoms with Crippen LogP contribution in [0.5, 0.6) is 0 Å². The smallest absolute Gasteiger partial charge is 0.242 e. The Hall–Kier alpha value is -1.14. The maximum absolute atomic E-state index is 11.7. The van der Waals surface area contributed by atoms with Gasteiger partial charge in [0, 0.05) is 39.0 Å². The van der Waals surface area contributed by atoms with Gasteiger partial charge in [-0.15, -0.1) is 0 Å². The molecule has 0 aliphatic carbocycles. The Bertz CT molecular complexity index is 313. The van der Waals surface area contributed by atoms with Crippen molar-refractivity contribution in [3.05, 3.63) is 0 Å². The van der Waals surface area contributed by atoms with Crippen molar-refractivity contribution in [3.63, 3.8) is 0 Å². The second-order valence-electron chi connectivity index (χ2n) is 4.71. The third kappa shape index (κ3) is 3.17. The molecule has 6 heteroatoms. The Balaban J connectivity index is 1.77. The minimum Gasteiger partial charge on any atom is -0.388 e. The molecule has 0 unspecified atom stereocenters. The van der Waals surface area contributed by atoms with Crippen LogP contribution in [0.4, 0.5) is 0 Å². The molecule has 2 aliphatic rings. The van der Waals surface area contributed by atoms with Gasteiger partial charge in [-0.3, -0.25) is 9.59 Å². The molecule has 2 saturated heterocycles. The van der Waals surface area contributed by atoms with E-state index in [1.54, 1.807) is 0 Å². The number of carbonyl (C=O) groups is 2. The lowest BCUT2D eigenvalue weighted by molar-refractivity contribution is -0.127. The number of amides is 2. The van der Waals surface area contributed by atoms with E-state index in [9.17, 15) is 14.7 Å². The molecule has 96 valence electrons. The highest BCUT2D eigenvalue weighted by Crippen LogP contribution is 2.19. The summed E-state index contributed by atoms with van der Waals surface area (Å²) < 4.78 is 5.16. The quantitative estimate of drug-likeness (QED) is 0.587. The molecule has 17 heavy (non-hydrogen) atoms. The van der Waals surface area contributed by atoms with Crippen LogP contribution in [0.3, 0.4) is 0 Å². The number of hydrogen-bond donors (Lipinski definition) is 3. The number of carbonyl (C=O) groups excluding carboxylic acids is 2. The maximum Gasteiger partial charge on any atom is 0.242 e. The van der Waals surface area contributed by atoms with Crippen LogP contribution in [0.15, 0.2) is 0 Å². The van der Waals surface area contributed by atoms with Crippen LogP contribution in [0.1, 0.15) is 25.7 Å². The van der Waals surface area contributed by atoms with Crippen molar-refractivity contribution < 1.29 is 19.4 Å². The van der Waals surface area contributed by atoms with E-state index in [4.69, 9.17) is 4.74 Å². The first kappa shape index (κ1) is 12.3. The molecule has 2 heterocycles. The molecule has 0 aromatic carbocycles. The van der Waals surface area contributed by atoms with Crippen molar-refractivity contribution >= 4 is 11.8 Å². The zero-order valence-corrected chi connectivity index (χ0v) is 9.70. The zero-order chi connectivity index (χ0) is 12.3. The summed E-state index contributed by atoms with van der Waals surface area (Å²) in [5, 5.41) is 15.4. The van der Waals surface area contributed by atoms with E-state index in [2.05, 4.69) is 10.6 Å². The van der Waals surface area contributed by atoms with E-state index < -0.39 is 11.6 Å². The molecule has 0 spiro atoms. The average Bonchev–Trinajstić information content (AvgIpc) is 2.74. The normalized spacial score (nSPS) is 27.6. The summed E-state index contributed by atoms with van der Waals surface area (Å²) >= 11 is 0. The summed E-state index contributed by atoms with van der Waals surface area (Å²) in [6.07, 6.45) is 2.00. The molecule has 2 aliphatic heterocycles. The van der Waals surface area contributed by atoms with Gasteiger partial charge in [-0.25, -0.2) is 0 Å². The summed E-state index contributed by atoms with van der Waals surface area (Å²) in [7, 11) is 0. The molecule has 0 aromatic heterocycles. The van der Waals surface area contributed by atoms with Gasteiger partial charge < -0.3 is 20.5 Å². The van der Waals surface area contributed by atoms with Crippen LogP contribution in [0.25, 0.3) is 0 Å². The highest BCUT2D eigenvalue weighted by Gasteiger charge is 2.32. The molecule has 2 rings (SSSR count). The number of nitrogens with one attached hydrogen (secondary N) is 2. The average molecular weight is 242 g/mol. The van der Waals surface area contributed by atoms with Gasteiger partial charge in [0.05, 0.1) is 5.60 Å². The van der Waals surface area contributed by atoms with E-state index in [1.165, 1.54) is 0 Å². The van der Waals surface area contributed by atoms with Crippen LogP contribution in [-0.2, 0) is 14.3 Å². The van der Waals surface area contributed by atoms with Gasteiger partial charge in [-0.2, -0.15) is 0 Å². The highest BCUT2D eigenvalue weighted by atomic mass is 16.5. The van der Waals surface area contributed by atoms with Crippen molar-refractivity contribution in [1.82, 2.24) is 10.6 Å². The minimum atomic E-state index is -0.865. The third-order valence-corrected chi connectivity index (χ3v) is 3.33. The molecule has 2 fully saturated rings. The first-order chi connectivity index (χ1) is 8.09. The first-order valence-corrected chi connectivity index (χ1v) is 5.96. The van der Waals surface area contributed by atoms with Crippen LogP contribution in [0, 0.1) is 0 Å². The summed E-state index contributed by atoms with van der Waals surface area (Å²) in [5.41, 5.74) is -0.865. The molecule has 2 amide bonds. The number of hydrogen-bond acceptors (Lipinski definition) is 4. The molecule has 6 nitrogen and oxygen atoms in total. The fourth-order valence-corrected chi connectivity index (χ4v) is 2.11. The van der Waals surface area contributed by atoms with Crippen molar-refractivity contribution in [3.8, 4) is 0 Å². The maximum atomic E-state index is 11.7. The Morgan fingerprint density at radius 1 is 1.53 bits per heavy atom. The van der Waals surface area contributed by atoms with E-state index in [1.807, 2.05) is 0 Å². The molecular formula is C11H18N2O4. The zero-order valence-electron chi connectivity index (χ0n) is 9.70. The van der Waals surface area contributed by atoms with Gasteiger partial charge in [0.1, 0.15) is 6.04 Å². The fraction of sp³-hybridized carbons (Fsp3) is 0.818. The lowest BCUT2D eigenvalue weighted by atomic mass is 9.94. The molecule has 1 atom stereocenters. The van der Waals surface area contributed by atoms with E-state index >= 15 is 0 Å². The van der Waals surface area contributed by atoms with Gasteiger partial charge in [0.2, 0.25) is 11.8 Å². The Kier molecular flexibility index (Phi) is 3.63. The first-order valence-electron chi connectivity index (χ1n) is 5.96. The Labute approximate surface area is 99.7 Å². The Morgan fingerprint density at radius 2 is 2.24 bits per heavy atom. The van der Waals surface area contributed by atoms with E-state index in [0.29, 0.717) is 38.9 Å². The topological polar surface area (TPSA) is 87.7 Å². The van der Waals surface area contributed by atoms with Crippen molar-refractivity contribution in [2.45, 2.75) is 37.3 Å². The number of rotatable bonds is 3.